The highest BCUT2D eigenvalue weighted by Gasteiger charge is 2.13. The van der Waals surface area contributed by atoms with Crippen molar-refractivity contribution in [1.29, 1.82) is 0 Å². The third kappa shape index (κ3) is 5.34. The molecule has 0 aromatic rings. The molecule has 0 spiro atoms. The Balaban J connectivity index is 1.42. The van der Waals surface area contributed by atoms with Gasteiger partial charge in [-0.3, -0.25) is 0 Å². The van der Waals surface area contributed by atoms with Gasteiger partial charge in [-0.2, -0.15) is 0 Å². The van der Waals surface area contributed by atoms with Gasteiger partial charge in [0.25, 0.3) is 0 Å². The minimum atomic E-state index is 0.263. The quantitative estimate of drug-likeness (QED) is 0.701. The van der Waals surface area contributed by atoms with Crippen LogP contribution in [0.4, 0.5) is 0 Å². The first-order valence-electron chi connectivity index (χ1n) is 7.07. The summed E-state index contributed by atoms with van der Waals surface area (Å²) in [5.41, 5.74) is 0. The molecule has 0 aromatic carbocycles. The van der Waals surface area contributed by atoms with Crippen molar-refractivity contribution < 1.29 is 9.47 Å². The number of hydrogen-bond acceptors (Lipinski definition) is 4. The van der Waals surface area contributed by atoms with E-state index in [-0.39, 0.29) is 6.10 Å². The summed E-state index contributed by atoms with van der Waals surface area (Å²) in [7, 11) is 0. The maximum absolute atomic E-state index is 5.58. The molecule has 0 saturated carbocycles. The van der Waals surface area contributed by atoms with Crippen LogP contribution in [-0.2, 0) is 9.47 Å². The summed E-state index contributed by atoms with van der Waals surface area (Å²) >= 11 is 0. The normalized spacial score (nSPS) is 27.2. The highest BCUT2D eigenvalue weighted by atomic mass is 16.6. The van der Waals surface area contributed by atoms with Crippen molar-refractivity contribution in [2.45, 2.75) is 31.8 Å². The van der Waals surface area contributed by atoms with Crippen LogP contribution in [-0.4, -0.2) is 63.5 Å². The van der Waals surface area contributed by atoms with E-state index in [1.54, 1.807) is 0 Å². The van der Waals surface area contributed by atoms with E-state index < -0.39 is 0 Å². The molecule has 2 aliphatic heterocycles. The van der Waals surface area contributed by atoms with E-state index in [2.05, 4.69) is 10.2 Å². The second kappa shape index (κ2) is 8.03. The topological polar surface area (TPSA) is 33.7 Å². The maximum atomic E-state index is 5.58. The van der Waals surface area contributed by atoms with E-state index in [4.69, 9.17) is 9.47 Å². The van der Waals surface area contributed by atoms with Gasteiger partial charge in [0.05, 0.1) is 25.9 Å². The molecule has 0 amide bonds. The smallest absolute Gasteiger partial charge is 0.0933 e. The fraction of sp³-hybridized carbons (Fsp3) is 1.00. The van der Waals surface area contributed by atoms with Gasteiger partial charge in [0.1, 0.15) is 0 Å². The SMILES string of the molecule is C1CCN(CCCNCC2COCCO2)CC1. The summed E-state index contributed by atoms with van der Waals surface area (Å²) < 4.78 is 10.9. The number of likely N-dealkylation sites (tertiary alicyclic amines) is 1. The van der Waals surface area contributed by atoms with Crippen LogP contribution in [0.1, 0.15) is 25.7 Å². The fourth-order valence-electron chi connectivity index (χ4n) is 2.53. The lowest BCUT2D eigenvalue weighted by atomic mass is 10.1. The molecule has 1 atom stereocenters. The van der Waals surface area contributed by atoms with E-state index in [1.807, 2.05) is 0 Å². The lowest BCUT2D eigenvalue weighted by Crippen LogP contribution is -2.38. The van der Waals surface area contributed by atoms with Crippen LogP contribution < -0.4 is 5.32 Å². The second-order valence-corrected chi connectivity index (χ2v) is 5.03. The monoisotopic (exact) mass is 242 g/mol. The third-order valence-electron chi connectivity index (χ3n) is 3.53. The van der Waals surface area contributed by atoms with Crippen LogP contribution in [0.5, 0.6) is 0 Å². The number of rotatable bonds is 6. The van der Waals surface area contributed by atoms with Crippen molar-refractivity contribution in [3.05, 3.63) is 0 Å². The Morgan fingerprint density at radius 3 is 2.76 bits per heavy atom. The first-order chi connectivity index (χ1) is 8.45. The zero-order chi connectivity index (χ0) is 11.8. The molecule has 0 aliphatic carbocycles. The van der Waals surface area contributed by atoms with Crippen molar-refractivity contribution in [2.75, 3.05) is 52.5 Å². The summed E-state index contributed by atoms with van der Waals surface area (Å²) in [6, 6.07) is 0. The average Bonchev–Trinajstić information content (AvgIpc) is 2.41. The Kier molecular flexibility index (Phi) is 6.27. The average molecular weight is 242 g/mol. The largest absolute Gasteiger partial charge is 0.376 e. The van der Waals surface area contributed by atoms with Gasteiger partial charge in [-0.05, 0) is 45.4 Å². The summed E-state index contributed by atoms with van der Waals surface area (Å²) in [6.07, 6.45) is 5.71. The molecule has 1 unspecified atom stereocenters. The highest BCUT2D eigenvalue weighted by molar-refractivity contribution is 4.67. The van der Waals surface area contributed by atoms with Crippen LogP contribution in [0.15, 0.2) is 0 Å². The molecular weight excluding hydrogens is 216 g/mol. The minimum absolute atomic E-state index is 0.263. The van der Waals surface area contributed by atoms with Gasteiger partial charge in [-0.15, -0.1) is 0 Å². The molecule has 4 heteroatoms. The molecule has 2 saturated heterocycles. The van der Waals surface area contributed by atoms with Gasteiger partial charge in [-0.1, -0.05) is 6.42 Å². The molecular formula is C13H26N2O2. The molecule has 0 bridgehead atoms. The van der Waals surface area contributed by atoms with Crippen molar-refractivity contribution in [3.63, 3.8) is 0 Å². The maximum Gasteiger partial charge on any atom is 0.0933 e. The Bertz CT molecular complexity index is 170. The predicted octanol–water partition coefficient (Wildman–Crippen LogP) is 0.867. The predicted molar refractivity (Wildman–Crippen MR) is 68.3 cm³/mol. The van der Waals surface area contributed by atoms with Crippen LogP contribution in [0.25, 0.3) is 0 Å². The van der Waals surface area contributed by atoms with Crippen LogP contribution in [0.2, 0.25) is 0 Å². The number of hydrogen-bond donors (Lipinski definition) is 1. The van der Waals surface area contributed by atoms with E-state index in [0.29, 0.717) is 0 Å². The molecule has 1 N–H and O–H groups in total. The molecule has 2 fully saturated rings. The fourth-order valence-corrected chi connectivity index (χ4v) is 2.53. The van der Waals surface area contributed by atoms with E-state index in [0.717, 1.165) is 32.9 Å². The first-order valence-corrected chi connectivity index (χ1v) is 7.07. The van der Waals surface area contributed by atoms with Gasteiger partial charge in [0.15, 0.2) is 0 Å². The lowest BCUT2D eigenvalue weighted by Gasteiger charge is -2.26. The van der Waals surface area contributed by atoms with Crippen LogP contribution in [0.3, 0.4) is 0 Å². The zero-order valence-corrected chi connectivity index (χ0v) is 10.8. The van der Waals surface area contributed by atoms with E-state index in [9.17, 15) is 0 Å². The van der Waals surface area contributed by atoms with Gasteiger partial charge in [-0.25, -0.2) is 0 Å². The Morgan fingerprint density at radius 2 is 2.00 bits per heavy atom. The first kappa shape index (κ1) is 13.3. The Morgan fingerprint density at radius 1 is 1.12 bits per heavy atom. The molecule has 2 aliphatic rings. The molecule has 2 heterocycles. The number of ether oxygens (including phenoxy) is 2. The molecule has 100 valence electrons. The van der Waals surface area contributed by atoms with Crippen molar-refractivity contribution in [3.8, 4) is 0 Å². The second-order valence-electron chi connectivity index (χ2n) is 5.03. The number of piperidine rings is 1. The Hall–Kier alpha value is -0.160. The third-order valence-corrected chi connectivity index (χ3v) is 3.53. The van der Waals surface area contributed by atoms with Crippen molar-refractivity contribution in [2.24, 2.45) is 0 Å². The molecule has 2 rings (SSSR count). The summed E-state index contributed by atoms with van der Waals surface area (Å²) in [4.78, 5) is 2.59. The zero-order valence-electron chi connectivity index (χ0n) is 10.8. The molecule has 17 heavy (non-hydrogen) atoms. The van der Waals surface area contributed by atoms with Crippen LogP contribution >= 0.6 is 0 Å². The minimum Gasteiger partial charge on any atom is -0.376 e. The molecule has 4 nitrogen and oxygen atoms in total. The van der Waals surface area contributed by atoms with Crippen molar-refractivity contribution >= 4 is 0 Å². The lowest BCUT2D eigenvalue weighted by molar-refractivity contribution is -0.0863. The van der Waals surface area contributed by atoms with Gasteiger partial charge in [0.2, 0.25) is 0 Å². The van der Waals surface area contributed by atoms with Crippen LogP contribution in [0, 0.1) is 0 Å². The highest BCUT2D eigenvalue weighted by Crippen LogP contribution is 2.08. The Labute approximate surface area is 105 Å². The number of nitrogens with zero attached hydrogens (tertiary/aromatic N) is 1. The molecule has 0 radical (unpaired) electrons. The standard InChI is InChI=1S/C13H26N2O2/c1-2-6-15(7-3-1)8-4-5-14-11-13-12-16-9-10-17-13/h13-14H,1-12H2. The number of nitrogens with one attached hydrogen (secondary N) is 1. The van der Waals surface area contributed by atoms with Gasteiger partial charge < -0.3 is 19.7 Å². The molecule has 0 aromatic heterocycles. The van der Waals surface area contributed by atoms with Gasteiger partial charge in [0, 0.05) is 6.54 Å². The summed E-state index contributed by atoms with van der Waals surface area (Å²) in [6.45, 7) is 8.13. The summed E-state index contributed by atoms with van der Waals surface area (Å²) in [5.74, 6) is 0. The van der Waals surface area contributed by atoms with E-state index >= 15 is 0 Å². The van der Waals surface area contributed by atoms with Gasteiger partial charge >= 0.3 is 0 Å². The van der Waals surface area contributed by atoms with Crippen molar-refractivity contribution in [1.82, 2.24) is 10.2 Å². The van der Waals surface area contributed by atoms with E-state index in [1.165, 1.54) is 45.3 Å². The summed E-state index contributed by atoms with van der Waals surface area (Å²) in [5, 5.41) is 3.46.